The van der Waals surface area contributed by atoms with Crippen LogP contribution >= 0.6 is 0 Å². The maximum absolute atomic E-state index is 13.8. The summed E-state index contributed by atoms with van der Waals surface area (Å²) in [6.45, 7) is 5.64. The molecule has 7 heteroatoms. The fourth-order valence-electron chi connectivity index (χ4n) is 2.08. The van der Waals surface area contributed by atoms with Crippen LogP contribution in [0.2, 0.25) is 0 Å². The Kier molecular flexibility index (Phi) is 6.24. The molecule has 0 aromatic heterocycles. The number of rotatable bonds is 7. The lowest BCUT2D eigenvalue weighted by Gasteiger charge is -2.18. The molecule has 4 nitrogen and oxygen atoms in total. The molecule has 0 saturated carbocycles. The van der Waals surface area contributed by atoms with Crippen LogP contribution in [0.3, 0.4) is 0 Å². The lowest BCUT2D eigenvalue weighted by Crippen LogP contribution is -2.34. The molecule has 0 amide bonds. The van der Waals surface area contributed by atoms with Crippen molar-refractivity contribution in [3.63, 3.8) is 0 Å². The molecular formula is C14H22F2N2O2S. The first-order valence-electron chi connectivity index (χ1n) is 6.91. The largest absolute Gasteiger partial charge is 0.326 e. The minimum absolute atomic E-state index is 0.0673. The minimum atomic E-state index is -4.12. The van der Waals surface area contributed by atoms with Crippen LogP contribution in [-0.2, 0) is 16.6 Å². The molecule has 21 heavy (non-hydrogen) atoms. The third kappa shape index (κ3) is 4.72. The zero-order valence-electron chi connectivity index (χ0n) is 12.5. The molecule has 0 fully saturated rings. The lowest BCUT2D eigenvalue weighted by atomic mass is 10.0. The summed E-state index contributed by atoms with van der Waals surface area (Å²) in [6, 6.07) is 1.60. The predicted octanol–water partition coefficient (Wildman–Crippen LogP) is 2.53. The van der Waals surface area contributed by atoms with Crippen molar-refractivity contribution in [2.75, 3.05) is 0 Å². The number of hydrogen-bond acceptors (Lipinski definition) is 3. The summed E-state index contributed by atoms with van der Waals surface area (Å²) in [5, 5.41) is 0. The van der Waals surface area contributed by atoms with Crippen LogP contribution in [0, 0.1) is 17.6 Å². The fraction of sp³-hybridized carbons (Fsp3) is 0.571. The third-order valence-electron chi connectivity index (χ3n) is 3.39. The van der Waals surface area contributed by atoms with E-state index in [1.165, 1.54) is 0 Å². The molecule has 1 aromatic carbocycles. The highest BCUT2D eigenvalue weighted by molar-refractivity contribution is 7.89. The first kappa shape index (κ1) is 18.0. The molecule has 1 aromatic rings. The zero-order valence-corrected chi connectivity index (χ0v) is 13.3. The van der Waals surface area contributed by atoms with Gasteiger partial charge < -0.3 is 5.73 Å². The van der Waals surface area contributed by atoms with Gasteiger partial charge in [-0.2, -0.15) is 0 Å². The second-order valence-corrected chi connectivity index (χ2v) is 7.05. The second kappa shape index (κ2) is 7.29. The van der Waals surface area contributed by atoms with Gasteiger partial charge in [-0.05, 0) is 37.0 Å². The van der Waals surface area contributed by atoms with E-state index in [1.807, 2.05) is 13.8 Å². The van der Waals surface area contributed by atoms with Crippen molar-refractivity contribution in [3.8, 4) is 0 Å². The van der Waals surface area contributed by atoms with E-state index in [9.17, 15) is 17.2 Å². The topological polar surface area (TPSA) is 72.2 Å². The smallest absolute Gasteiger partial charge is 0.243 e. The number of nitrogens with one attached hydrogen (secondary N) is 1. The van der Waals surface area contributed by atoms with Crippen molar-refractivity contribution < 1.29 is 17.2 Å². The van der Waals surface area contributed by atoms with Gasteiger partial charge in [-0.1, -0.05) is 20.3 Å². The van der Waals surface area contributed by atoms with Crippen LogP contribution < -0.4 is 10.5 Å². The van der Waals surface area contributed by atoms with Crippen molar-refractivity contribution >= 4 is 10.0 Å². The number of sulfonamides is 1. The molecule has 0 aliphatic heterocycles. The van der Waals surface area contributed by atoms with Crippen molar-refractivity contribution in [1.82, 2.24) is 4.72 Å². The highest BCUT2D eigenvalue weighted by atomic mass is 32.2. The molecule has 2 unspecified atom stereocenters. The van der Waals surface area contributed by atoms with E-state index < -0.39 is 26.6 Å². The second-order valence-electron chi connectivity index (χ2n) is 5.37. The highest BCUT2D eigenvalue weighted by Crippen LogP contribution is 2.21. The maximum Gasteiger partial charge on any atom is 0.243 e. The van der Waals surface area contributed by atoms with Crippen molar-refractivity contribution in [2.24, 2.45) is 11.7 Å². The van der Waals surface area contributed by atoms with E-state index in [4.69, 9.17) is 5.73 Å². The number of hydrogen-bond donors (Lipinski definition) is 2. The van der Waals surface area contributed by atoms with E-state index in [2.05, 4.69) is 4.72 Å². The summed E-state index contributed by atoms with van der Waals surface area (Å²) in [4.78, 5) is -0.695. The van der Waals surface area contributed by atoms with Gasteiger partial charge in [-0.15, -0.1) is 0 Å². The average molecular weight is 320 g/mol. The van der Waals surface area contributed by atoms with Gasteiger partial charge in [0.05, 0.1) is 0 Å². The van der Waals surface area contributed by atoms with E-state index in [0.29, 0.717) is 12.3 Å². The summed E-state index contributed by atoms with van der Waals surface area (Å²) in [5.74, 6) is -2.26. The van der Waals surface area contributed by atoms with Crippen LogP contribution in [0.4, 0.5) is 8.78 Å². The van der Waals surface area contributed by atoms with Crippen LogP contribution in [0.25, 0.3) is 0 Å². The molecule has 0 saturated heterocycles. The quantitative estimate of drug-likeness (QED) is 0.811. The van der Waals surface area contributed by atoms with Gasteiger partial charge in [0.2, 0.25) is 10.0 Å². The molecule has 2 atom stereocenters. The maximum atomic E-state index is 13.8. The Labute approximate surface area is 124 Å². The Morgan fingerprint density at radius 1 is 1.29 bits per heavy atom. The van der Waals surface area contributed by atoms with Gasteiger partial charge in [0, 0.05) is 12.6 Å². The molecule has 0 heterocycles. The molecule has 0 radical (unpaired) electrons. The predicted molar refractivity (Wildman–Crippen MR) is 78.1 cm³/mol. The van der Waals surface area contributed by atoms with Crippen molar-refractivity contribution in [1.29, 1.82) is 0 Å². The van der Waals surface area contributed by atoms with Crippen LogP contribution in [0.1, 0.15) is 39.2 Å². The van der Waals surface area contributed by atoms with Gasteiger partial charge in [-0.25, -0.2) is 21.9 Å². The number of nitrogens with two attached hydrogens (primary N) is 1. The van der Waals surface area contributed by atoms with Gasteiger partial charge in [0.25, 0.3) is 0 Å². The molecule has 1 rings (SSSR count). The summed E-state index contributed by atoms with van der Waals surface area (Å²) in [6.07, 6.45) is 1.54. The van der Waals surface area contributed by atoms with E-state index in [1.54, 1.807) is 6.92 Å². The van der Waals surface area contributed by atoms with Gasteiger partial charge in [0.1, 0.15) is 4.90 Å². The Bertz CT molecular complexity index is 591. The Balaban J connectivity index is 3.05. The van der Waals surface area contributed by atoms with Crippen molar-refractivity contribution in [2.45, 2.75) is 51.1 Å². The first-order valence-corrected chi connectivity index (χ1v) is 8.39. The van der Waals surface area contributed by atoms with E-state index >= 15 is 0 Å². The Morgan fingerprint density at radius 2 is 1.90 bits per heavy atom. The van der Waals surface area contributed by atoms with Gasteiger partial charge in [0.15, 0.2) is 11.6 Å². The summed E-state index contributed by atoms with van der Waals surface area (Å²) < 4.78 is 54.0. The zero-order chi connectivity index (χ0) is 16.2. The first-order chi connectivity index (χ1) is 9.71. The SMILES string of the molecule is CCC(C)CC(C)NS(=O)(=O)c1cc(CN)cc(F)c1F. The third-order valence-corrected chi connectivity index (χ3v) is 4.98. The standard InChI is InChI=1S/C14H22F2N2O2S/c1-4-9(2)5-10(3)18-21(19,20)13-7-11(8-17)6-12(15)14(13)16/h6-7,9-10,18H,4-5,8,17H2,1-3H3. The molecule has 120 valence electrons. The highest BCUT2D eigenvalue weighted by Gasteiger charge is 2.25. The summed E-state index contributed by atoms with van der Waals surface area (Å²) >= 11 is 0. The van der Waals surface area contributed by atoms with Crippen LogP contribution in [0.5, 0.6) is 0 Å². The Morgan fingerprint density at radius 3 is 2.43 bits per heavy atom. The number of halogens is 2. The average Bonchev–Trinajstić information content (AvgIpc) is 2.40. The molecule has 3 N–H and O–H groups in total. The summed E-state index contributed by atoms with van der Waals surface area (Å²) in [5.41, 5.74) is 5.59. The summed E-state index contributed by atoms with van der Waals surface area (Å²) in [7, 11) is -4.12. The molecular weight excluding hydrogens is 298 g/mol. The normalized spacial score (nSPS) is 15.0. The molecule has 0 bridgehead atoms. The lowest BCUT2D eigenvalue weighted by molar-refractivity contribution is 0.442. The van der Waals surface area contributed by atoms with Gasteiger partial charge in [-0.3, -0.25) is 0 Å². The number of benzene rings is 1. The van der Waals surface area contributed by atoms with Gasteiger partial charge >= 0.3 is 0 Å². The molecule has 0 aliphatic rings. The van der Waals surface area contributed by atoms with Crippen molar-refractivity contribution in [3.05, 3.63) is 29.3 Å². The van der Waals surface area contributed by atoms with Crippen LogP contribution in [0.15, 0.2) is 17.0 Å². The minimum Gasteiger partial charge on any atom is -0.326 e. The monoisotopic (exact) mass is 320 g/mol. The van der Waals surface area contributed by atoms with Crippen LogP contribution in [-0.4, -0.2) is 14.5 Å². The Hall–Kier alpha value is -1.05. The van der Waals surface area contributed by atoms with E-state index in [0.717, 1.165) is 18.6 Å². The fourth-order valence-corrected chi connectivity index (χ4v) is 3.47. The van der Waals surface area contributed by atoms with E-state index in [-0.39, 0.29) is 18.2 Å². The molecule has 0 aliphatic carbocycles. The molecule has 0 spiro atoms.